The highest BCUT2D eigenvalue weighted by atomic mass is 19.1. The SMILES string of the molecule is N[C@H]1COC[C@@H]1F. The van der Waals surface area contributed by atoms with Crippen molar-refractivity contribution in [2.45, 2.75) is 12.2 Å². The monoisotopic (exact) mass is 105 g/mol. The van der Waals surface area contributed by atoms with Crippen molar-refractivity contribution in [3.05, 3.63) is 0 Å². The first kappa shape index (κ1) is 5.00. The second kappa shape index (κ2) is 1.76. The third-order valence-electron chi connectivity index (χ3n) is 1.05. The second-order valence-electron chi connectivity index (χ2n) is 1.72. The molecule has 0 radical (unpaired) electrons. The van der Waals surface area contributed by atoms with Crippen LogP contribution in [0.2, 0.25) is 0 Å². The molecule has 7 heavy (non-hydrogen) atoms. The van der Waals surface area contributed by atoms with E-state index in [2.05, 4.69) is 4.74 Å². The van der Waals surface area contributed by atoms with E-state index in [1.165, 1.54) is 0 Å². The van der Waals surface area contributed by atoms with Gasteiger partial charge in [-0.25, -0.2) is 4.39 Å². The Hall–Kier alpha value is -0.150. The van der Waals surface area contributed by atoms with E-state index in [9.17, 15) is 4.39 Å². The lowest BCUT2D eigenvalue weighted by atomic mass is 10.3. The maximum atomic E-state index is 12.1. The highest BCUT2D eigenvalue weighted by Crippen LogP contribution is 2.05. The van der Waals surface area contributed by atoms with Crippen LogP contribution in [0.3, 0.4) is 0 Å². The molecule has 0 aromatic rings. The number of hydrogen-bond donors (Lipinski definition) is 1. The average Bonchev–Trinajstić information content (AvgIpc) is 1.91. The largest absolute Gasteiger partial charge is 0.377 e. The normalized spacial score (nSPS) is 42.0. The standard InChI is InChI=1S/C4H8FNO/c5-3-1-7-2-4(3)6/h3-4H,1-2,6H2/t3-,4-/m0/s1. The van der Waals surface area contributed by atoms with Crippen LogP contribution in [-0.2, 0) is 4.74 Å². The van der Waals surface area contributed by atoms with Crippen LogP contribution in [0.15, 0.2) is 0 Å². The van der Waals surface area contributed by atoms with Crippen molar-refractivity contribution in [1.82, 2.24) is 0 Å². The lowest BCUT2D eigenvalue weighted by molar-refractivity contribution is 0.173. The third-order valence-corrected chi connectivity index (χ3v) is 1.05. The Morgan fingerprint density at radius 2 is 2.29 bits per heavy atom. The fourth-order valence-corrected chi connectivity index (χ4v) is 0.545. The zero-order valence-corrected chi connectivity index (χ0v) is 3.93. The van der Waals surface area contributed by atoms with Crippen LogP contribution in [0.1, 0.15) is 0 Å². The second-order valence-corrected chi connectivity index (χ2v) is 1.72. The molecule has 2 N–H and O–H groups in total. The molecule has 0 saturated carbocycles. The molecular formula is C4H8FNO. The van der Waals surface area contributed by atoms with Gasteiger partial charge in [0.2, 0.25) is 0 Å². The summed E-state index contributed by atoms with van der Waals surface area (Å²) in [4.78, 5) is 0. The Kier molecular flexibility index (Phi) is 1.25. The Morgan fingerprint density at radius 3 is 2.43 bits per heavy atom. The van der Waals surface area contributed by atoms with Crippen molar-refractivity contribution in [3.63, 3.8) is 0 Å². The molecule has 0 aromatic carbocycles. The van der Waals surface area contributed by atoms with Crippen LogP contribution < -0.4 is 5.73 Å². The van der Waals surface area contributed by atoms with E-state index in [0.29, 0.717) is 6.61 Å². The molecule has 1 aliphatic rings. The minimum atomic E-state index is -0.931. The summed E-state index contributed by atoms with van der Waals surface area (Å²) in [5.41, 5.74) is 5.18. The zero-order valence-electron chi connectivity index (χ0n) is 3.93. The van der Waals surface area contributed by atoms with Crippen molar-refractivity contribution < 1.29 is 9.13 Å². The molecule has 1 rings (SSSR count). The summed E-state index contributed by atoms with van der Waals surface area (Å²) in [6, 6.07) is -0.375. The predicted octanol–water partition coefficient (Wildman–Crippen LogP) is -0.318. The summed E-state index contributed by atoms with van der Waals surface area (Å²) in [7, 11) is 0. The van der Waals surface area contributed by atoms with Gasteiger partial charge in [0.25, 0.3) is 0 Å². The fourth-order valence-electron chi connectivity index (χ4n) is 0.545. The van der Waals surface area contributed by atoms with Crippen molar-refractivity contribution in [2.24, 2.45) is 5.73 Å². The number of halogens is 1. The number of nitrogens with two attached hydrogens (primary N) is 1. The van der Waals surface area contributed by atoms with Crippen LogP contribution in [0, 0.1) is 0 Å². The van der Waals surface area contributed by atoms with Crippen LogP contribution >= 0.6 is 0 Å². The molecule has 1 aliphatic heterocycles. The third kappa shape index (κ3) is 0.894. The number of ether oxygens (including phenoxy) is 1. The number of alkyl halides is 1. The van der Waals surface area contributed by atoms with Crippen LogP contribution in [0.5, 0.6) is 0 Å². The van der Waals surface area contributed by atoms with E-state index in [1.807, 2.05) is 0 Å². The van der Waals surface area contributed by atoms with Gasteiger partial charge in [0.1, 0.15) is 6.17 Å². The van der Waals surface area contributed by atoms with E-state index in [4.69, 9.17) is 5.73 Å². The number of hydrogen-bond acceptors (Lipinski definition) is 2. The van der Waals surface area contributed by atoms with Gasteiger partial charge in [0.05, 0.1) is 19.3 Å². The minimum Gasteiger partial charge on any atom is -0.377 e. The van der Waals surface area contributed by atoms with Gasteiger partial charge in [0, 0.05) is 0 Å². The maximum absolute atomic E-state index is 12.1. The maximum Gasteiger partial charge on any atom is 0.141 e. The van der Waals surface area contributed by atoms with Crippen molar-refractivity contribution in [2.75, 3.05) is 13.2 Å². The first-order chi connectivity index (χ1) is 3.30. The highest BCUT2D eigenvalue weighted by Gasteiger charge is 2.23. The Balaban J connectivity index is 2.33. The average molecular weight is 105 g/mol. The predicted molar refractivity (Wildman–Crippen MR) is 23.7 cm³/mol. The molecule has 0 amide bonds. The summed E-state index contributed by atoms with van der Waals surface area (Å²) >= 11 is 0. The van der Waals surface area contributed by atoms with E-state index in [0.717, 1.165) is 0 Å². The van der Waals surface area contributed by atoms with Gasteiger partial charge < -0.3 is 10.5 Å². The van der Waals surface area contributed by atoms with Crippen molar-refractivity contribution in [1.29, 1.82) is 0 Å². The zero-order chi connectivity index (χ0) is 5.28. The number of rotatable bonds is 0. The van der Waals surface area contributed by atoms with E-state index < -0.39 is 6.17 Å². The Bertz CT molecular complexity index is 60.7. The van der Waals surface area contributed by atoms with E-state index in [1.54, 1.807) is 0 Å². The summed E-state index contributed by atoms with van der Waals surface area (Å²) in [5, 5.41) is 0. The molecular weight excluding hydrogens is 97.0 g/mol. The minimum absolute atomic E-state index is 0.182. The van der Waals surface area contributed by atoms with Gasteiger partial charge in [-0.15, -0.1) is 0 Å². The summed E-state index contributed by atoms with van der Waals surface area (Å²) in [6.07, 6.45) is -0.931. The first-order valence-corrected chi connectivity index (χ1v) is 2.28. The molecule has 1 fully saturated rings. The molecule has 0 aromatic heterocycles. The van der Waals surface area contributed by atoms with Crippen molar-refractivity contribution >= 4 is 0 Å². The van der Waals surface area contributed by atoms with Gasteiger partial charge in [0.15, 0.2) is 0 Å². The quantitative estimate of drug-likeness (QED) is 0.458. The topological polar surface area (TPSA) is 35.2 Å². The van der Waals surface area contributed by atoms with E-state index in [-0.39, 0.29) is 12.6 Å². The molecule has 0 unspecified atom stereocenters. The first-order valence-electron chi connectivity index (χ1n) is 2.28. The summed E-state index contributed by atoms with van der Waals surface area (Å²) < 4.78 is 16.7. The van der Waals surface area contributed by atoms with Gasteiger partial charge in [-0.3, -0.25) is 0 Å². The Labute approximate surface area is 41.4 Å². The van der Waals surface area contributed by atoms with Crippen LogP contribution in [-0.4, -0.2) is 25.4 Å². The molecule has 2 nitrogen and oxygen atoms in total. The van der Waals surface area contributed by atoms with Crippen molar-refractivity contribution in [3.8, 4) is 0 Å². The molecule has 3 heteroatoms. The summed E-state index contributed by atoms with van der Waals surface area (Å²) in [6.45, 7) is 0.558. The summed E-state index contributed by atoms with van der Waals surface area (Å²) in [5.74, 6) is 0. The molecule has 42 valence electrons. The van der Waals surface area contributed by atoms with Gasteiger partial charge in [-0.1, -0.05) is 0 Å². The lowest BCUT2D eigenvalue weighted by Gasteiger charge is -1.98. The van der Waals surface area contributed by atoms with E-state index >= 15 is 0 Å². The molecule has 2 atom stereocenters. The fraction of sp³-hybridized carbons (Fsp3) is 1.00. The molecule has 0 bridgehead atoms. The lowest BCUT2D eigenvalue weighted by Crippen LogP contribution is -2.29. The molecule has 1 heterocycles. The Morgan fingerprint density at radius 1 is 1.57 bits per heavy atom. The van der Waals surface area contributed by atoms with Crippen LogP contribution in [0.25, 0.3) is 0 Å². The molecule has 0 aliphatic carbocycles. The highest BCUT2D eigenvalue weighted by molar-refractivity contribution is 4.76. The van der Waals surface area contributed by atoms with Gasteiger partial charge in [-0.05, 0) is 0 Å². The van der Waals surface area contributed by atoms with Gasteiger partial charge >= 0.3 is 0 Å². The smallest absolute Gasteiger partial charge is 0.141 e. The van der Waals surface area contributed by atoms with Gasteiger partial charge in [-0.2, -0.15) is 0 Å². The molecule has 0 spiro atoms. The molecule has 1 saturated heterocycles. The van der Waals surface area contributed by atoms with Crippen LogP contribution in [0.4, 0.5) is 4.39 Å².